The summed E-state index contributed by atoms with van der Waals surface area (Å²) in [4.78, 5) is 13.8. The summed E-state index contributed by atoms with van der Waals surface area (Å²) in [6, 6.07) is 18.9. The first-order valence-corrected chi connectivity index (χ1v) is 8.54. The average Bonchev–Trinajstić information content (AvgIpc) is 3.04. The predicted octanol–water partition coefficient (Wildman–Crippen LogP) is 5.69. The SMILES string of the molecule is O=C1Nc2ccccc2S/C1=C\c1ccc(-c2cccc(Cl)c2)o1. The van der Waals surface area contributed by atoms with Crippen molar-refractivity contribution in [2.24, 2.45) is 0 Å². The Morgan fingerprint density at radius 2 is 1.92 bits per heavy atom. The van der Waals surface area contributed by atoms with Crippen molar-refractivity contribution in [3.8, 4) is 11.3 Å². The van der Waals surface area contributed by atoms with Gasteiger partial charge in [0.25, 0.3) is 5.91 Å². The summed E-state index contributed by atoms with van der Waals surface area (Å²) < 4.78 is 5.84. The summed E-state index contributed by atoms with van der Waals surface area (Å²) in [5, 5.41) is 3.54. The molecule has 1 amide bonds. The van der Waals surface area contributed by atoms with Crippen LogP contribution in [0.4, 0.5) is 5.69 Å². The van der Waals surface area contributed by atoms with E-state index in [1.807, 2.05) is 60.7 Å². The molecule has 0 unspecified atom stereocenters. The minimum absolute atomic E-state index is 0.126. The van der Waals surface area contributed by atoms with Gasteiger partial charge in [-0.05, 0) is 36.4 Å². The van der Waals surface area contributed by atoms with Gasteiger partial charge in [-0.25, -0.2) is 0 Å². The smallest absolute Gasteiger partial charge is 0.262 e. The highest BCUT2D eigenvalue weighted by atomic mass is 35.5. The second kappa shape index (κ2) is 6.23. The lowest BCUT2D eigenvalue weighted by Crippen LogP contribution is -2.16. The van der Waals surface area contributed by atoms with Gasteiger partial charge in [-0.1, -0.05) is 47.6 Å². The Hall–Kier alpha value is -2.43. The number of hydrogen-bond acceptors (Lipinski definition) is 3. The Labute approximate surface area is 148 Å². The Bertz CT molecular complexity index is 961. The van der Waals surface area contributed by atoms with Gasteiger partial charge in [0.05, 0.1) is 10.6 Å². The first-order valence-electron chi connectivity index (χ1n) is 7.35. The van der Waals surface area contributed by atoms with Crippen LogP contribution in [0, 0.1) is 0 Å². The molecular weight excluding hydrogens is 342 g/mol. The van der Waals surface area contributed by atoms with Crippen LogP contribution in [0.25, 0.3) is 17.4 Å². The lowest BCUT2D eigenvalue weighted by Gasteiger charge is -2.17. The number of furan rings is 1. The zero-order chi connectivity index (χ0) is 16.5. The maximum Gasteiger partial charge on any atom is 0.262 e. The number of benzene rings is 2. The van der Waals surface area contributed by atoms with E-state index in [0.29, 0.717) is 21.4 Å². The molecule has 0 atom stereocenters. The molecule has 3 aromatic rings. The third-order valence-corrected chi connectivity index (χ3v) is 4.92. The molecule has 4 rings (SSSR count). The molecule has 1 N–H and O–H groups in total. The van der Waals surface area contributed by atoms with Crippen LogP contribution >= 0.6 is 23.4 Å². The average molecular weight is 354 g/mol. The van der Waals surface area contributed by atoms with Crippen LogP contribution in [-0.4, -0.2) is 5.91 Å². The lowest BCUT2D eigenvalue weighted by molar-refractivity contribution is -0.112. The minimum Gasteiger partial charge on any atom is -0.457 e. The maximum absolute atomic E-state index is 12.2. The molecule has 0 saturated heterocycles. The molecule has 118 valence electrons. The molecule has 1 aliphatic heterocycles. The van der Waals surface area contributed by atoms with Gasteiger partial charge in [0.1, 0.15) is 11.5 Å². The van der Waals surface area contributed by atoms with Crippen molar-refractivity contribution in [2.45, 2.75) is 4.90 Å². The Balaban J connectivity index is 1.64. The predicted molar refractivity (Wildman–Crippen MR) is 98.1 cm³/mol. The second-order valence-electron chi connectivity index (χ2n) is 5.27. The first kappa shape index (κ1) is 15.1. The zero-order valence-corrected chi connectivity index (χ0v) is 14.0. The lowest BCUT2D eigenvalue weighted by atomic mass is 10.2. The fraction of sp³-hybridized carbons (Fsp3) is 0. The van der Waals surface area contributed by atoms with Gasteiger partial charge in [-0.2, -0.15) is 0 Å². The van der Waals surface area contributed by atoms with Crippen molar-refractivity contribution in [2.75, 3.05) is 5.32 Å². The molecule has 1 aromatic heterocycles. The number of nitrogens with one attached hydrogen (secondary N) is 1. The molecule has 0 aliphatic carbocycles. The fourth-order valence-electron chi connectivity index (χ4n) is 2.46. The molecule has 0 spiro atoms. The van der Waals surface area contributed by atoms with Crippen molar-refractivity contribution in [1.29, 1.82) is 0 Å². The number of thioether (sulfide) groups is 1. The van der Waals surface area contributed by atoms with Crippen molar-refractivity contribution in [1.82, 2.24) is 0 Å². The standard InChI is InChI=1S/C19H12ClNO2S/c20-13-5-3-4-12(10-13)16-9-8-14(23-16)11-18-19(22)21-15-6-1-2-7-17(15)24-18/h1-11H,(H,21,22)/b18-11-. The summed E-state index contributed by atoms with van der Waals surface area (Å²) in [6.07, 6.45) is 1.75. The molecule has 1 aliphatic rings. The molecular formula is C19H12ClNO2S. The van der Waals surface area contributed by atoms with E-state index < -0.39 is 0 Å². The van der Waals surface area contributed by atoms with E-state index in [4.69, 9.17) is 16.0 Å². The van der Waals surface area contributed by atoms with E-state index in [0.717, 1.165) is 16.1 Å². The number of anilines is 1. The number of rotatable bonds is 2. The molecule has 2 heterocycles. The number of carbonyl (C=O) groups is 1. The van der Waals surface area contributed by atoms with Gasteiger partial charge < -0.3 is 9.73 Å². The van der Waals surface area contributed by atoms with Crippen LogP contribution in [-0.2, 0) is 4.79 Å². The van der Waals surface area contributed by atoms with Gasteiger partial charge in [0.15, 0.2) is 0 Å². The summed E-state index contributed by atoms with van der Waals surface area (Å²) in [5.74, 6) is 1.22. The number of fused-ring (bicyclic) bond motifs is 1. The van der Waals surface area contributed by atoms with Crippen LogP contribution in [0.2, 0.25) is 5.02 Å². The van der Waals surface area contributed by atoms with Crippen LogP contribution in [0.15, 0.2) is 74.9 Å². The van der Waals surface area contributed by atoms with E-state index >= 15 is 0 Å². The van der Waals surface area contributed by atoms with Crippen molar-refractivity contribution in [3.05, 3.63) is 76.4 Å². The normalized spacial score (nSPS) is 15.2. The molecule has 0 fully saturated rings. The van der Waals surface area contributed by atoms with Crippen LogP contribution in [0.3, 0.4) is 0 Å². The third kappa shape index (κ3) is 2.98. The Morgan fingerprint density at radius 1 is 1.04 bits per heavy atom. The number of carbonyl (C=O) groups excluding carboxylic acids is 1. The van der Waals surface area contributed by atoms with Crippen molar-refractivity contribution >= 4 is 41.0 Å². The van der Waals surface area contributed by atoms with Crippen molar-refractivity contribution in [3.63, 3.8) is 0 Å². The topological polar surface area (TPSA) is 42.2 Å². The Kier molecular flexibility index (Phi) is 3.92. The van der Waals surface area contributed by atoms with Gasteiger partial charge in [0, 0.05) is 21.6 Å². The van der Waals surface area contributed by atoms with Gasteiger partial charge in [-0.15, -0.1) is 0 Å². The minimum atomic E-state index is -0.126. The van der Waals surface area contributed by atoms with Gasteiger partial charge in [0.2, 0.25) is 0 Å². The van der Waals surface area contributed by atoms with Crippen LogP contribution < -0.4 is 5.32 Å². The molecule has 24 heavy (non-hydrogen) atoms. The quantitative estimate of drug-likeness (QED) is 0.602. The van der Waals surface area contributed by atoms with Gasteiger partial charge >= 0.3 is 0 Å². The third-order valence-electron chi connectivity index (χ3n) is 3.59. The summed E-state index contributed by atoms with van der Waals surface area (Å²) in [7, 11) is 0. The number of hydrogen-bond donors (Lipinski definition) is 1. The fourth-order valence-corrected chi connectivity index (χ4v) is 3.58. The Morgan fingerprint density at radius 3 is 2.79 bits per heavy atom. The molecule has 0 saturated carbocycles. The van der Waals surface area contributed by atoms with E-state index in [-0.39, 0.29) is 5.91 Å². The van der Waals surface area contributed by atoms with Crippen molar-refractivity contribution < 1.29 is 9.21 Å². The van der Waals surface area contributed by atoms with Crippen LogP contribution in [0.1, 0.15) is 5.76 Å². The summed E-state index contributed by atoms with van der Waals surface area (Å²) >= 11 is 7.45. The molecule has 3 nitrogen and oxygen atoms in total. The molecule has 5 heteroatoms. The van der Waals surface area contributed by atoms with Crippen LogP contribution in [0.5, 0.6) is 0 Å². The van der Waals surface area contributed by atoms with E-state index in [2.05, 4.69) is 5.32 Å². The highest BCUT2D eigenvalue weighted by Gasteiger charge is 2.21. The highest BCUT2D eigenvalue weighted by Crippen LogP contribution is 2.39. The molecule has 2 aromatic carbocycles. The monoisotopic (exact) mass is 353 g/mol. The van der Waals surface area contributed by atoms with Gasteiger partial charge in [-0.3, -0.25) is 4.79 Å². The number of amides is 1. The highest BCUT2D eigenvalue weighted by molar-refractivity contribution is 8.04. The van der Waals surface area contributed by atoms with E-state index in [1.165, 1.54) is 11.8 Å². The molecule has 0 bridgehead atoms. The van der Waals surface area contributed by atoms with E-state index in [1.54, 1.807) is 6.08 Å². The summed E-state index contributed by atoms with van der Waals surface area (Å²) in [5.41, 5.74) is 1.74. The number of para-hydroxylation sites is 1. The summed E-state index contributed by atoms with van der Waals surface area (Å²) in [6.45, 7) is 0. The second-order valence-corrected chi connectivity index (χ2v) is 6.79. The first-order chi connectivity index (χ1) is 11.7. The largest absolute Gasteiger partial charge is 0.457 e. The van der Waals surface area contributed by atoms with E-state index in [9.17, 15) is 4.79 Å². The zero-order valence-electron chi connectivity index (χ0n) is 12.5. The maximum atomic E-state index is 12.2. The number of halogens is 1. The molecule has 0 radical (unpaired) electrons.